The van der Waals surface area contributed by atoms with Crippen LogP contribution in [0, 0.1) is 5.82 Å². The molecule has 0 radical (unpaired) electrons. The lowest BCUT2D eigenvalue weighted by Gasteiger charge is -2.11. The van der Waals surface area contributed by atoms with E-state index >= 15 is 0 Å². The number of halogens is 1. The Kier molecular flexibility index (Phi) is 6.68. The van der Waals surface area contributed by atoms with Gasteiger partial charge in [0, 0.05) is 25.2 Å². The van der Waals surface area contributed by atoms with Crippen LogP contribution in [-0.4, -0.2) is 14.3 Å². The topological polar surface area (TPSA) is 84.5 Å². The lowest BCUT2D eigenvalue weighted by atomic mass is 10.2. The number of hydrogen-bond donors (Lipinski definition) is 2. The number of carbonyl (C=O) groups excluding carboxylic acids is 1. The summed E-state index contributed by atoms with van der Waals surface area (Å²) in [6.07, 6.45) is 0. The van der Waals surface area contributed by atoms with Crippen LogP contribution in [0.15, 0.2) is 77.7 Å². The minimum atomic E-state index is -3.78. The Labute approximate surface area is 174 Å². The maximum absolute atomic E-state index is 13.2. The summed E-state index contributed by atoms with van der Waals surface area (Å²) >= 11 is 0. The molecule has 0 aliphatic rings. The predicted octanol–water partition coefficient (Wildman–Crippen LogP) is 3.84. The largest absolute Gasteiger partial charge is 0.489 e. The van der Waals surface area contributed by atoms with E-state index < -0.39 is 15.8 Å². The molecule has 3 rings (SSSR count). The van der Waals surface area contributed by atoms with Gasteiger partial charge in [-0.25, -0.2) is 12.8 Å². The molecule has 2 N–H and O–H groups in total. The van der Waals surface area contributed by atoms with E-state index in [9.17, 15) is 17.6 Å². The van der Waals surface area contributed by atoms with E-state index in [1.165, 1.54) is 31.2 Å². The van der Waals surface area contributed by atoms with Crippen molar-refractivity contribution in [3.8, 4) is 5.75 Å². The third-order valence-electron chi connectivity index (χ3n) is 4.16. The number of ether oxygens (including phenoxy) is 1. The number of carbonyl (C=O) groups is 1. The Morgan fingerprint density at radius 3 is 2.40 bits per heavy atom. The summed E-state index contributed by atoms with van der Waals surface area (Å²) in [6.45, 7) is 1.91. The highest BCUT2D eigenvalue weighted by Gasteiger charge is 2.14. The molecule has 3 aromatic carbocycles. The molecule has 0 saturated heterocycles. The van der Waals surface area contributed by atoms with E-state index in [4.69, 9.17) is 4.74 Å². The summed E-state index contributed by atoms with van der Waals surface area (Å²) in [6, 6.07) is 18.8. The standard InChI is InChI=1S/C22H21FN2O4S/c1-16(26)24-14-17-8-10-22(11-9-17)30(27,28)25-20-6-2-4-18(12-20)15-29-21-7-3-5-19(23)13-21/h2-13,25H,14-15H2,1H3,(H,24,26). The Morgan fingerprint density at radius 1 is 0.967 bits per heavy atom. The Hall–Kier alpha value is -3.39. The zero-order valence-corrected chi connectivity index (χ0v) is 17.1. The van der Waals surface area contributed by atoms with Gasteiger partial charge in [0.1, 0.15) is 18.2 Å². The van der Waals surface area contributed by atoms with Gasteiger partial charge < -0.3 is 10.1 Å². The molecule has 3 aromatic rings. The minimum absolute atomic E-state index is 0.107. The van der Waals surface area contributed by atoms with Crippen LogP contribution < -0.4 is 14.8 Å². The van der Waals surface area contributed by atoms with Crippen molar-refractivity contribution in [2.45, 2.75) is 25.0 Å². The molecule has 0 aromatic heterocycles. The third-order valence-corrected chi connectivity index (χ3v) is 5.55. The molecule has 0 fully saturated rings. The summed E-state index contributed by atoms with van der Waals surface area (Å²) in [4.78, 5) is 11.1. The molecule has 1 amide bonds. The van der Waals surface area contributed by atoms with Crippen LogP contribution in [0.3, 0.4) is 0 Å². The first-order chi connectivity index (χ1) is 14.3. The first-order valence-electron chi connectivity index (χ1n) is 9.15. The highest BCUT2D eigenvalue weighted by molar-refractivity contribution is 7.92. The van der Waals surface area contributed by atoms with Crippen LogP contribution in [0.2, 0.25) is 0 Å². The van der Waals surface area contributed by atoms with E-state index in [1.807, 2.05) is 0 Å². The van der Waals surface area contributed by atoms with Crippen molar-refractivity contribution < 1.29 is 22.3 Å². The Balaban J connectivity index is 1.66. The van der Waals surface area contributed by atoms with E-state index in [1.54, 1.807) is 48.5 Å². The monoisotopic (exact) mass is 428 g/mol. The summed E-state index contributed by atoms with van der Waals surface area (Å²) < 4.78 is 46.6. The van der Waals surface area contributed by atoms with Crippen molar-refractivity contribution in [3.05, 3.63) is 89.7 Å². The molecule has 0 unspecified atom stereocenters. The molecule has 0 atom stereocenters. The van der Waals surface area contributed by atoms with Crippen molar-refractivity contribution in [2.24, 2.45) is 0 Å². The minimum Gasteiger partial charge on any atom is -0.489 e. The number of sulfonamides is 1. The zero-order valence-electron chi connectivity index (χ0n) is 16.3. The number of nitrogens with one attached hydrogen (secondary N) is 2. The Morgan fingerprint density at radius 2 is 1.70 bits per heavy atom. The molecule has 0 saturated carbocycles. The first kappa shape index (κ1) is 21.3. The summed E-state index contributed by atoms with van der Waals surface area (Å²) in [5.41, 5.74) is 1.91. The SMILES string of the molecule is CC(=O)NCc1ccc(S(=O)(=O)Nc2cccc(COc3cccc(F)c3)c2)cc1. The normalized spacial score (nSPS) is 11.0. The Bertz CT molecular complexity index is 1130. The molecule has 156 valence electrons. The molecular formula is C22H21FN2O4S. The molecule has 0 spiro atoms. The van der Waals surface area contributed by atoms with Gasteiger partial charge in [-0.2, -0.15) is 0 Å². The van der Waals surface area contributed by atoms with Gasteiger partial charge in [0.15, 0.2) is 0 Å². The maximum atomic E-state index is 13.2. The van der Waals surface area contributed by atoms with Crippen molar-refractivity contribution in [1.29, 1.82) is 0 Å². The van der Waals surface area contributed by atoms with Crippen LogP contribution >= 0.6 is 0 Å². The van der Waals surface area contributed by atoms with Gasteiger partial charge in [-0.05, 0) is 47.5 Å². The first-order valence-corrected chi connectivity index (χ1v) is 10.6. The summed E-state index contributed by atoms with van der Waals surface area (Å²) in [5, 5.41) is 2.66. The van der Waals surface area contributed by atoms with Crippen molar-refractivity contribution in [2.75, 3.05) is 4.72 Å². The summed E-state index contributed by atoms with van der Waals surface area (Å²) in [5.74, 6) is -0.160. The van der Waals surface area contributed by atoms with E-state index in [2.05, 4.69) is 10.0 Å². The van der Waals surface area contributed by atoms with Gasteiger partial charge >= 0.3 is 0 Å². The fraction of sp³-hybridized carbons (Fsp3) is 0.136. The quantitative estimate of drug-likeness (QED) is 0.571. The molecule has 0 aliphatic heterocycles. The second kappa shape index (κ2) is 9.41. The van der Waals surface area contributed by atoms with Gasteiger partial charge in [-0.1, -0.05) is 30.3 Å². The average Bonchev–Trinajstić information content (AvgIpc) is 2.71. The van der Waals surface area contributed by atoms with Gasteiger partial charge in [-0.3, -0.25) is 9.52 Å². The zero-order chi connectivity index (χ0) is 21.6. The fourth-order valence-electron chi connectivity index (χ4n) is 2.68. The number of anilines is 1. The second-order valence-electron chi connectivity index (χ2n) is 6.61. The lowest BCUT2D eigenvalue weighted by Crippen LogP contribution is -2.19. The predicted molar refractivity (Wildman–Crippen MR) is 112 cm³/mol. The van der Waals surface area contributed by atoms with Gasteiger partial charge in [-0.15, -0.1) is 0 Å². The van der Waals surface area contributed by atoms with Gasteiger partial charge in [0.25, 0.3) is 10.0 Å². The molecule has 30 heavy (non-hydrogen) atoms. The van der Waals surface area contributed by atoms with Crippen molar-refractivity contribution >= 4 is 21.6 Å². The maximum Gasteiger partial charge on any atom is 0.261 e. The van der Waals surface area contributed by atoms with E-state index in [0.29, 0.717) is 18.0 Å². The number of rotatable bonds is 8. The van der Waals surface area contributed by atoms with Crippen LogP contribution in [0.25, 0.3) is 0 Å². The second-order valence-corrected chi connectivity index (χ2v) is 8.29. The average molecular weight is 428 g/mol. The molecule has 0 heterocycles. The third kappa shape index (κ3) is 6.05. The summed E-state index contributed by atoms with van der Waals surface area (Å²) in [7, 11) is -3.78. The van der Waals surface area contributed by atoms with Crippen LogP contribution in [-0.2, 0) is 28.0 Å². The van der Waals surface area contributed by atoms with Crippen molar-refractivity contribution in [3.63, 3.8) is 0 Å². The van der Waals surface area contributed by atoms with E-state index in [-0.39, 0.29) is 17.4 Å². The van der Waals surface area contributed by atoms with E-state index in [0.717, 1.165) is 11.1 Å². The van der Waals surface area contributed by atoms with Gasteiger partial charge in [0.05, 0.1) is 4.90 Å². The van der Waals surface area contributed by atoms with Crippen LogP contribution in [0.1, 0.15) is 18.1 Å². The lowest BCUT2D eigenvalue weighted by molar-refractivity contribution is -0.119. The van der Waals surface area contributed by atoms with Crippen LogP contribution in [0.4, 0.5) is 10.1 Å². The van der Waals surface area contributed by atoms with Crippen LogP contribution in [0.5, 0.6) is 5.75 Å². The molecule has 0 aliphatic carbocycles. The number of hydrogen-bond acceptors (Lipinski definition) is 4. The molecule has 8 heteroatoms. The number of amides is 1. The number of benzene rings is 3. The smallest absolute Gasteiger partial charge is 0.261 e. The van der Waals surface area contributed by atoms with Crippen molar-refractivity contribution in [1.82, 2.24) is 5.32 Å². The molecule has 0 bridgehead atoms. The highest BCUT2D eigenvalue weighted by Crippen LogP contribution is 2.19. The van der Waals surface area contributed by atoms with Gasteiger partial charge in [0.2, 0.25) is 5.91 Å². The fourth-order valence-corrected chi connectivity index (χ4v) is 3.72. The highest BCUT2D eigenvalue weighted by atomic mass is 32.2. The molecule has 6 nitrogen and oxygen atoms in total. The molecular weight excluding hydrogens is 407 g/mol.